The van der Waals surface area contributed by atoms with Gasteiger partial charge >= 0.3 is 0 Å². The molecule has 0 aromatic carbocycles. The number of thiophene rings is 1. The van der Waals surface area contributed by atoms with Crippen molar-refractivity contribution in [3.05, 3.63) is 33.5 Å². The molecule has 144 valence electrons. The van der Waals surface area contributed by atoms with Crippen LogP contribution < -0.4 is 11.1 Å². The van der Waals surface area contributed by atoms with Gasteiger partial charge in [0.05, 0.1) is 17.8 Å². The molecule has 0 unspecified atom stereocenters. The molecule has 0 bridgehead atoms. The molecule has 0 spiro atoms. The molecule has 1 aliphatic heterocycles. The van der Waals surface area contributed by atoms with Crippen molar-refractivity contribution < 1.29 is 14.4 Å². The van der Waals surface area contributed by atoms with Crippen LogP contribution in [-0.4, -0.2) is 38.9 Å². The molecule has 0 saturated heterocycles. The Bertz CT molecular complexity index is 928. The summed E-state index contributed by atoms with van der Waals surface area (Å²) >= 11 is 1.30. The van der Waals surface area contributed by atoms with Gasteiger partial charge in [-0.15, -0.1) is 11.3 Å². The van der Waals surface area contributed by atoms with Gasteiger partial charge in [-0.05, 0) is 38.8 Å². The minimum absolute atomic E-state index is 0.0171. The maximum Gasteiger partial charge on any atom is 0.274 e. The fraction of sp³-hybridized carbons (Fsp3) is 0.444. The molecule has 1 aliphatic rings. The Morgan fingerprint density at radius 2 is 2.04 bits per heavy atom. The van der Waals surface area contributed by atoms with E-state index in [9.17, 15) is 14.4 Å². The number of aromatic nitrogens is 2. The smallest absolute Gasteiger partial charge is 0.274 e. The number of hydrogen-bond acceptors (Lipinski definition) is 5. The van der Waals surface area contributed by atoms with E-state index in [-0.39, 0.29) is 17.9 Å². The van der Waals surface area contributed by atoms with E-state index in [2.05, 4.69) is 10.4 Å². The summed E-state index contributed by atoms with van der Waals surface area (Å²) in [5.41, 5.74) is 7.93. The minimum atomic E-state index is -0.576. The number of carbonyl (C=O) groups excluding carboxylic acids is 3. The summed E-state index contributed by atoms with van der Waals surface area (Å²) in [4.78, 5) is 39.1. The van der Waals surface area contributed by atoms with Crippen LogP contribution in [0.1, 0.15) is 63.8 Å². The van der Waals surface area contributed by atoms with Crippen LogP contribution in [0.25, 0.3) is 0 Å². The topological polar surface area (TPSA) is 110 Å². The predicted octanol–water partition coefficient (Wildman–Crippen LogP) is 2.09. The second kappa shape index (κ2) is 7.15. The predicted molar refractivity (Wildman–Crippen MR) is 103 cm³/mol. The molecule has 3 heterocycles. The molecule has 2 aromatic rings. The molecule has 8 nitrogen and oxygen atoms in total. The monoisotopic (exact) mass is 389 g/mol. The van der Waals surface area contributed by atoms with E-state index in [4.69, 9.17) is 5.73 Å². The van der Waals surface area contributed by atoms with Crippen molar-refractivity contribution in [3.8, 4) is 0 Å². The number of primary amides is 1. The highest BCUT2D eigenvalue weighted by Crippen LogP contribution is 2.37. The van der Waals surface area contributed by atoms with E-state index in [0.717, 1.165) is 16.1 Å². The van der Waals surface area contributed by atoms with Crippen molar-refractivity contribution in [3.63, 3.8) is 0 Å². The van der Waals surface area contributed by atoms with Gasteiger partial charge in [-0.1, -0.05) is 0 Å². The fourth-order valence-corrected chi connectivity index (χ4v) is 4.53. The third-order valence-electron chi connectivity index (χ3n) is 4.56. The lowest BCUT2D eigenvalue weighted by atomic mass is 10.0. The molecular weight excluding hydrogens is 366 g/mol. The molecule has 0 radical (unpaired) electrons. The van der Waals surface area contributed by atoms with E-state index in [0.29, 0.717) is 35.8 Å². The zero-order valence-electron chi connectivity index (χ0n) is 15.8. The van der Waals surface area contributed by atoms with Gasteiger partial charge in [-0.3, -0.25) is 19.1 Å². The maximum atomic E-state index is 12.8. The molecule has 3 rings (SSSR count). The number of nitrogens with two attached hydrogens (primary N) is 1. The highest BCUT2D eigenvalue weighted by Gasteiger charge is 2.29. The van der Waals surface area contributed by atoms with Crippen molar-refractivity contribution in [1.82, 2.24) is 14.7 Å². The Morgan fingerprint density at radius 1 is 1.33 bits per heavy atom. The average molecular weight is 389 g/mol. The first-order valence-corrected chi connectivity index (χ1v) is 9.58. The maximum absolute atomic E-state index is 12.8. The summed E-state index contributed by atoms with van der Waals surface area (Å²) < 4.78 is 1.65. The molecule has 3 N–H and O–H groups in total. The minimum Gasteiger partial charge on any atom is -0.365 e. The van der Waals surface area contributed by atoms with Crippen LogP contribution in [0.2, 0.25) is 0 Å². The molecule has 2 aromatic heterocycles. The van der Waals surface area contributed by atoms with Crippen LogP contribution in [0.4, 0.5) is 5.00 Å². The third-order valence-corrected chi connectivity index (χ3v) is 5.69. The lowest BCUT2D eigenvalue weighted by Crippen LogP contribution is -2.34. The van der Waals surface area contributed by atoms with Crippen molar-refractivity contribution >= 4 is 34.1 Å². The Balaban J connectivity index is 1.95. The summed E-state index contributed by atoms with van der Waals surface area (Å²) in [5, 5.41) is 7.61. The standard InChI is InChI=1S/C18H23N5O3S/c1-9(2)23-13(7-10(3)21-23)17(26)20-18-15(16(19)25)12-5-6-22(11(4)24)8-14(12)27-18/h7,9H,5-6,8H2,1-4H3,(H2,19,25)(H,20,26). The van der Waals surface area contributed by atoms with Gasteiger partial charge < -0.3 is 16.0 Å². The Hall–Kier alpha value is -2.68. The van der Waals surface area contributed by atoms with Crippen LogP contribution in [-0.2, 0) is 17.8 Å². The molecule has 3 amide bonds. The van der Waals surface area contributed by atoms with Crippen molar-refractivity contribution in [1.29, 1.82) is 0 Å². The SMILES string of the molecule is CC(=O)N1CCc2c(sc(NC(=O)c3cc(C)nn3C(C)C)c2C(N)=O)C1. The summed E-state index contributed by atoms with van der Waals surface area (Å²) in [5.74, 6) is -0.932. The Labute approximate surface area is 161 Å². The molecular formula is C18H23N5O3S. The number of rotatable bonds is 4. The molecule has 0 atom stereocenters. The molecule has 27 heavy (non-hydrogen) atoms. The number of hydrogen-bond donors (Lipinski definition) is 2. The van der Waals surface area contributed by atoms with Gasteiger partial charge in [-0.25, -0.2) is 0 Å². The molecule has 0 fully saturated rings. The third kappa shape index (κ3) is 3.59. The van der Waals surface area contributed by atoms with Crippen LogP contribution in [0, 0.1) is 6.92 Å². The van der Waals surface area contributed by atoms with Gasteiger partial charge in [0.25, 0.3) is 11.8 Å². The van der Waals surface area contributed by atoms with E-state index in [1.807, 2.05) is 20.8 Å². The number of fused-ring (bicyclic) bond motifs is 1. The average Bonchev–Trinajstić information content (AvgIpc) is 3.14. The van der Waals surface area contributed by atoms with Gasteiger partial charge in [-0.2, -0.15) is 5.10 Å². The summed E-state index contributed by atoms with van der Waals surface area (Å²) in [6, 6.07) is 1.74. The van der Waals surface area contributed by atoms with Gasteiger partial charge in [0.2, 0.25) is 5.91 Å². The quantitative estimate of drug-likeness (QED) is 0.834. The summed E-state index contributed by atoms with van der Waals surface area (Å²) in [6.07, 6.45) is 0.544. The van der Waals surface area contributed by atoms with E-state index in [1.54, 1.807) is 15.6 Å². The first kappa shape index (κ1) is 19.1. The number of nitrogens with one attached hydrogen (secondary N) is 1. The van der Waals surface area contributed by atoms with Crippen molar-refractivity contribution in [2.45, 2.75) is 46.7 Å². The van der Waals surface area contributed by atoms with Gasteiger partial charge in [0, 0.05) is 24.4 Å². The van der Waals surface area contributed by atoms with Crippen molar-refractivity contribution in [2.75, 3.05) is 11.9 Å². The van der Waals surface area contributed by atoms with Gasteiger partial charge in [0.1, 0.15) is 10.7 Å². The Kier molecular flexibility index (Phi) is 5.05. The summed E-state index contributed by atoms with van der Waals surface area (Å²) in [7, 11) is 0. The van der Waals surface area contributed by atoms with Crippen molar-refractivity contribution in [2.24, 2.45) is 5.73 Å². The lowest BCUT2D eigenvalue weighted by Gasteiger charge is -2.25. The zero-order valence-corrected chi connectivity index (χ0v) is 16.6. The molecule has 0 aliphatic carbocycles. The number of nitrogens with zero attached hydrogens (tertiary/aromatic N) is 3. The number of amides is 3. The Morgan fingerprint density at radius 3 is 2.63 bits per heavy atom. The molecule has 9 heteroatoms. The second-order valence-corrected chi connectivity index (χ2v) is 8.03. The molecule has 0 saturated carbocycles. The van der Waals surface area contributed by atoms with E-state index >= 15 is 0 Å². The largest absolute Gasteiger partial charge is 0.365 e. The first-order chi connectivity index (χ1) is 12.7. The fourth-order valence-electron chi connectivity index (χ4n) is 3.27. The van der Waals surface area contributed by atoms with Crippen LogP contribution >= 0.6 is 11.3 Å². The number of anilines is 1. The second-order valence-electron chi connectivity index (χ2n) is 6.93. The lowest BCUT2D eigenvalue weighted by molar-refractivity contribution is -0.129. The van der Waals surface area contributed by atoms with Crippen LogP contribution in [0.3, 0.4) is 0 Å². The zero-order chi connectivity index (χ0) is 19.9. The first-order valence-electron chi connectivity index (χ1n) is 8.76. The van der Waals surface area contributed by atoms with Crippen LogP contribution in [0.15, 0.2) is 6.07 Å². The normalized spacial score (nSPS) is 13.6. The van der Waals surface area contributed by atoms with E-state index < -0.39 is 5.91 Å². The van der Waals surface area contributed by atoms with E-state index in [1.165, 1.54) is 18.3 Å². The highest BCUT2D eigenvalue weighted by molar-refractivity contribution is 7.17. The number of carbonyl (C=O) groups is 3. The van der Waals surface area contributed by atoms with Gasteiger partial charge in [0.15, 0.2) is 0 Å². The number of aryl methyl sites for hydroxylation is 1. The summed E-state index contributed by atoms with van der Waals surface area (Å²) in [6.45, 7) is 8.19. The van der Waals surface area contributed by atoms with Crippen LogP contribution in [0.5, 0.6) is 0 Å². The highest BCUT2D eigenvalue weighted by atomic mass is 32.1.